The van der Waals surface area contributed by atoms with Crippen LogP contribution >= 0.6 is 0 Å². The van der Waals surface area contributed by atoms with Gasteiger partial charge in [-0.2, -0.15) is 0 Å². The number of aromatic nitrogens is 2. The molecular weight excluding hydrogens is 210 g/mol. The van der Waals surface area contributed by atoms with Crippen molar-refractivity contribution in [2.75, 3.05) is 5.73 Å². The highest BCUT2D eigenvalue weighted by atomic mass is 14.9. The number of benzene rings is 1. The van der Waals surface area contributed by atoms with Crippen molar-refractivity contribution >= 4 is 27.6 Å². The molecule has 0 spiro atoms. The summed E-state index contributed by atoms with van der Waals surface area (Å²) in [7, 11) is 0. The lowest BCUT2D eigenvalue weighted by Gasteiger charge is -2.01. The van der Waals surface area contributed by atoms with Gasteiger partial charge in [-0.3, -0.25) is 0 Å². The van der Waals surface area contributed by atoms with E-state index in [0.29, 0.717) is 12.2 Å². The number of allylic oxidation sites excluding steroid dienone is 1. The van der Waals surface area contributed by atoms with Crippen molar-refractivity contribution in [3.8, 4) is 0 Å². The van der Waals surface area contributed by atoms with E-state index in [1.807, 2.05) is 24.3 Å². The second-order valence-electron chi connectivity index (χ2n) is 4.08. The molecule has 0 unspecified atom stereocenters. The number of nitrogens with two attached hydrogens (primary N) is 1. The lowest BCUT2D eigenvalue weighted by atomic mass is 10.1. The lowest BCUT2D eigenvalue weighted by Crippen LogP contribution is -1.95. The fourth-order valence-corrected chi connectivity index (χ4v) is 2.22. The zero-order valence-electron chi connectivity index (χ0n) is 9.40. The molecule has 0 radical (unpaired) electrons. The Hall–Kier alpha value is -2.29. The number of hydrogen-bond donors (Lipinski definition) is 2. The van der Waals surface area contributed by atoms with E-state index in [2.05, 4.69) is 28.7 Å². The van der Waals surface area contributed by atoms with E-state index in [1.165, 1.54) is 5.39 Å². The van der Waals surface area contributed by atoms with E-state index in [0.717, 1.165) is 22.1 Å². The highest BCUT2D eigenvalue weighted by Crippen LogP contribution is 2.28. The number of pyridine rings is 1. The van der Waals surface area contributed by atoms with Crippen LogP contribution in [0.3, 0.4) is 0 Å². The van der Waals surface area contributed by atoms with Crippen LogP contribution in [0.1, 0.15) is 5.69 Å². The predicted octanol–water partition coefficient (Wildman–Crippen LogP) is 3.03. The van der Waals surface area contributed by atoms with Gasteiger partial charge in [0, 0.05) is 22.7 Å². The Morgan fingerprint density at radius 3 is 2.94 bits per heavy atom. The molecule has 0 aliphatic rings. The van der Waals surface area contributed by atoms with Gasteiger partial charge in [-0.05, 0) is 12.1 Å². The highest BCUT2D eigenvalue weighted by Gasteiger charge is 2.09. The zero-order chi connectivity index (χ0) is 11.8. The average molecular weight is 223 g/mol. The smallest absolute Gasteiger partial charge is 0.124 e. The van der Waals surface area contributed by atoms with E-state index in [9.17, 15) is 0 Å². The molecule has 3 rings (SSSR count). The number of rotatable bonds is 2. The second kappa shape index (κ2) is 3.63. The summed E-state index contributed by atoms with van der Waals surface area (Å²) in [4.78, 5) is 7.75. The molecule has 0 fully saturated rings. The average Bonchev–Trinajstić information content (AvgIpc) is 2.69. The minimum absolute atomic E-state index is 0.555. The van der Waals surface area contributed by atoms with Crippen LogP contribution in [-0.4, -0.2) is 9.97 Å². The van der Waals surface area contributed by atoms with Crippen molar-refractivity contribution in [1.29, 1.82) is 0 Å². The summed E-state index contributed by atoms with van der Waals surface area (Å²) in [6, 6.07) is 10.1. The van der Waals surface area contributed by atoms with Gasteiger partial charge >= 0.3 is 0 Å². The number of anilines is 1. The highest BCUT2D eigenvalue weighted by molar-refractivity contribution is 6.08. The first-order chi connectivity index (χ1) is 8.29. The molecule has 1 aromatic carbocycles. The topological polar surface area (TPSA) is 54.7 Å². The standard InChI is InChI=1S/C14H13N3/c1-2-5-12-14-10(8-13(15)16-12)9-6-3-4-7-11(9)17-14/h2-4,6-8,17H,1,5H2,(H2,15,16). The van der Waals surface area contributed by atoms with E-state index < -0.39 is 0 Å². The van der Waals surface area contributed by atoms with Crippen LogP contribution in [0, 0.1) is 0 Å². The van der Waals surface area contributed by atoms with Gasteiger partial charge in [-0.15, -0.1) is 6.58 Å². The molecule has 0 atom stereocenters. The lowest BCUT2D eigenvalue weighted by molar-refractivity contribution is 1.14. The molecule has 0 bridgehead atoms. The molecule has 2 heterocycles. The van der Waals surface area contributed by atoms with Gasteiger partial charge < -0.3 is 10.7 Å². The first-order valence-electron chi connectivity index (χ1n) is 5.56. The Labute approximate surface area is 99.0 Å². The number of fused-ring (bicyclic) bond motifs is 3. The third-order valence-electron chi connectivity index (χ3n) is 2.93. The molecule has 0 aliphatic heterocycles. The SMILES string of the molecule is C=CCc1nc(N)cc2c1[nH]c1ccccc12. The molecule has 17 heavy (non-hydrogen) atoms. The van der Waals surface area contributed by atoms with Gasteiger partial charge in [-0.25, -0.2) is 4.98 Å². The monoisotopic (exact) mass is 223 g/mol. The van der Waals surface area contributed by atoms with Crippen molar-refractivity contribution in [3.63, 3.8) is 0 Å². The van der Waals surface area contributed by atoms with E-state index >= 15 is 0 Å². The Bertz CT molecular complexity index is 710. The van der Waals surface area contributed by atoms with Crippen molar-refractivity contribution in [2.24, 2.45) is 0 Å². The minimum atomic E-state index is 0.555. The number of H-pyrrole nitrogens is 1. The fraction of sp³-hybridized carbons (Fsp3) is 0.0714. The van der Waals surface area contributed by atoms with Gasteiger partial charge in [0.25, 0.3) is 0 Å². The van der Waals surface area contributed by atoms with E-state index in [-0.39, 0.29) is 0 Å². The molecule has 2 aromatic heterocycles. The number of aromatic amines is 1. The largest absolute Gasteiger partial charge is 0.384 e. The first-order valence-corrected chi connectivity index (χ1v) is 5.56. The fourth-order valence-electron chi connectivity index (χ4n) is 2.22. The molecule has 0 amide bonds. The Kier molecular flexibility index (Phi) is 2.11. The van der Waals surface area contributed by atoms with Gasteiger partial charge in [0.15, 0.2) is 0 Å². The maximum absolute atomic E-state index is 5.85. The summed E-state index contributed by atoms with van der Waals surface area (Å²) in [5, 5.41) is 2.31. The number of hydrogen-bond acceptors (Lipinski definition) is 2. The third kappa shape index (κ3) is 1.47. The Balaban J connectivity index is 2.46. The van der Waals surface area contributed by atoms with Gasteiger partial charge in [0.2, 0.25) is 0 Å². The minimum Gasteiger partial charge on any atom is -0.384 e. The summed E-state index contributed by atoms with van der Waals surface area (Å²) in [5.41, 5.74) is 8.96. The van der Waals surface area contributed by atoms with Crippen LogP contribution in [0.4, 0.5) is 5.82 Å². The van der Waals surface area contributed by atoms with Crippen LogP contribution in [0.5, 0.6) is 0 Å². The maximum Gasteiger partial charge on any atom is 0.124 e. The third-order valence-corrected chi connectivity index (χ3v) is 2.93. The molecule has 3 N–H and O–H groups in total. The molecule has 0 saturated heterocycles. The van der Waals surface area contributed by atoms with Crippen molar-refractivity contribution in [3.05, 3.63) is 48.7 Å². The number of nitrogens with one attached hydrogen (secondary N) is 1. The maximum atomic E-state index is 5.85. The molecule has 3 aromatic rings. The molecule has 0 saturated carbocycles. The second-order valence-corrected chi connectivity index (χ2v) is 4.08. The van der Waals surface area contributed by atoms with Crippen LogP contribution in [0.15, 0.2) is 43.0 Å². The van der Waals surface area contributed by atoms with Crippen LogP contribution in [0.2, 0.25) is 0 Å². The van der Waals surface area contributed by atoms with Crippen molar-refractivity contribution in [1.82, 2.24) is 9.97 Å². The predicted molar refractivity (Wildman–Crippen MR) is 71.9 cm³/mol. The first kappa shape index (κ1) is 9.90. The van der Waals surface area contributed by atoms with E-state index in [1.54, 1.807) is 0 Å². The quantitative estimate of drug-likeness (QED) is 0.656. The zero-order valence-corrected chi connectivity index (χ0v) is 9.40. The Morgan fingerprint density at radius 1 is 1.29 bits per heavy atom. The van der Waals surface area contributed by atoms with E-state index in [4.69, 9.17) is 5.73 Å². The number of nitrogen functional groups attached to an aromatic ring is 1. The van der Waals surface area contributed by atoms with Crippen LogP contribution in [-0.2, 0) is 6.42 Å². The Morgan fingerprint density at radius 2 is 2.12 bits per heavy atom. The molecule has 84 valence electrons. The normalized spacial score (nSPS) is 11.1. The van der Waals surface area contributed by atoms with Crippen molar-refractivity contribution < 1.29 is 0 Å². The molecule has 3 heteroatoms. The summed E-state index contributed by atoms with van der Waals surface area (Å²) in [5.74, 6) is 0.555. The molecule has 0 aliphatic carbocycles. The van der Waals surface area contributed by atoms with Gasteiger partial charge in [0.05, 0.1) is 11.2 Å². The number of nitrogens with zero attached hydrogens (tertiary/aromatic N) is 1. The molecular formula is C14H13N3. The number of para-hydroxylation sites is 1. The van der Waals surface area contributed by atoms with Crippen molar-refractivity contribution in [2.45, 2.75) is 6.42 Å². The van der Waals surface area contributed by atoms with Gasteiger partial charge in [-0.1, -0.05) is 24.3 Å². The van der Waals surface area contributed by atoms with Crippen LogP contribution in [0.25, 0.3) is 21.8 Å². The summed E-state index contributed by atoms with van der Waals surface area (Å²) >= 11 is 0. The molecule has 3 nitrogen and oxygen atoms in total. The summed E-state index contributed by atoms with van der Waals surface area (Å²) in [6.45, 7) is 3.75. The van der Waals surface area contributed by atoms with Crippen LogP contribution < -0.4 is 5.73 Å². The summed E-state index contributed by atoms with van der Waals surface area (Å²) < 4.78 is 0. The summed E-state index contributed by atoms with van der Waals surface area (Å²) in [6.07, 6.45) is 2.56. The van der Waals surface area contributed by atoms with Gasteiger partial charge in [0.1, 0.15) is 5.82 Å².